The summed E-state index contributed by atoms with van der Waals surface area (Å²) in [6.07, 6.45) is 0.898. The first-order valence-electron chi connectivity index (χ1n) is 9.77. The monoisotopic (exact) mass is 434 g/mol. The molecule has 0 aliphatic rings. The van der Waals surface area contributed by atoms with Gasteiger partial charge in [-0.1, -0.05) is 59.1 Å². The molecule has 0 radical (unpaired) electrons. The highest BCUT2D eigenvalue weighted by Gasteiger charge is 2.27. The molecule has 1 atom stereocenters. The van der Waals surface area contributed by atoms with Crippen LogP contribution in [0, 0.1) is 6.92 Å². The van der Waals surface area contributed by atoms with Crippen molar-refractivity contribution >= 4 is 35.0 Å². The summed E-state index contributed by atoms with van der Waals surface area (Å²) in [5, 5.41) is 3.83. The number of hydrogen-bond donors (Lipinski definition) is 1. The Morgan fingerprint density at radius 2 is 1.59 bits per heavy atom. The van der Waals surface area contributed by atoms with Crippen molar-refractivity contribution < 1.29 is 9.59 Å². The number of hydrogen-bond acceptors (Lipinski definition) is 2. The number of aryl methyl sites for hydroxylation is 2. The average molecular weight is 435 g/mol. The van der Waals surface area contributed by atoms with E-state index in [4.69, 9.17) is 23.2 Å². The molecule has 29 heavy (non-hydrogen) atoms. The Morgan fingerprint density at radius 1 is 1.00 bits per heavy atom. The van der Waals surface area contributed by atoms with E-state index in [9.17, 15) is 9.59 Å². The molecule has 2 aromatic rings. The number of nitrogens with zero attached hydrogens (tertiary/aromatic N) is 1. The van der Waals surface area contributed by atoms with Crippen molar-refractivity contribution in [2.75, 3.05) is 0 Å². The second-order valence-corrected chi connectivity index (χ2v) is 8.36. The first-order valence-corrected chi connectivity index (χ1v) is 10.5. The van der Waals surface area contributed by atoms with E-state index < -0.39 is 6.04 Å². The van der Waals surface area contributed by atoms with Gasteiger partial charge in [0.05, 0.1) is 0 Å². The molecule has 1 N–H and O–H groups in total. The number of halogens is 2. The molecule has 0 saturated heterocycles. The van der Waals surface area contributed by atoms with Gasteiger partial charge in [0.2, 0.25) is 11.8 Å². The lowest BCUT2D eigenvalue weighted by molar-refractivity contribution is -0.140. The van der Waals surface area contributed by atoms with Gasteiger partial charge in [-0.05, 0) is 51.8 Å². The van der Waals surface area contributed by atoms with Crippen LogP contribution >= 0.6 is 23.2 Å². The zero-order valence-electron chi connectivity index (χ0n) is 17.3. The second kappa shape index (κ2) is 10.7. The lowest BCUT2D eigenvalue weighted by Gasteiger charge is -2.30. The molecular weight excluding hydrogens is 407 g/mol. The van der Waals surface area contributed by atoms with Gasteiger partial charge in [0.25, 0.3) is 0 Å². The van der Waals surface area contributed by atoms with Gasteiger partial charge in [-0.2, -0.15) is 0 Å². The number of nitrogens with one attached hydrogen (secondary N) is 1. The zero-order chi connectivity index (χ0) is 21.6. The molecular formula is C23H28Cl2N2O2. The number of carbonyl (C=O) groups excluding carboxylic acids is 2. The third-order valence-corrected chi connectivity index (χ3v) is 5.44. The van der Waals surface area contributed by atoms with Gasteiger partial charge in [-0.15, -0.1) is 0 Å². The maximum absolute atomic E-state index is 13.1. The van der Waals surface area contributed by atoms with E-state index in [1.165, 1.54) is 5.56 Å². The third kappa shape index (κ3) is 6.76. The van der Waals surface area contributed by atoms with Crippen LogP contribution in [0.5, 0.6) is 0 Å². The van der Waals surface area contributed by atoms with E-state index in [0.29, 0.717) is 28.5 Å². The van der Waals surface area contributed by atoms with Crippen molar-refractivity contribution in [2.24, 2.45) is 0 Å². The molecule has 0 saturated carbocycles. The zero-order valence-corrected chi connectivity index (χ0v) is 18.8. The molecule has 0 heterocycles. The molecule has 0 unspecified atom stereocenters. The van der Waals surface area contributed by atoms with Crippen LogP contribution in [-0.4, -0.2) is 28.8 Å². The summed E-state index contributed by atoms with van der Waals surface area (Å²) in [4.78, 5) is 27.3. The summed E-state index contributed by atoms with van der Waals surface area (Å²) in [7, 11) is 0. The van der Waals surface area contributed by atoms with E-state index >= 15 is 0 Å². The van der Waals surface area contributed by atoms with Crippen LogP contribution in [0.3, 0.4) is 0 Å². The van der Waals surface area contributed by atoms with Gasteiger partial charge >= 0.3 is 0 Å². The minimum Gasteiger partial charge on any atom is -0.352 e. The molecule has 6 heteroatoms. The molecule has 2 rings (SSSR count). The third-order valence-electron chi connectivity index (χ3n) is 4.74. The Hall–Kier alpha value is -2.04. The largest absolute Gasteiger partial charge is 0.352 e. The molecule has 0 aliphatic heterocycles. The Kier molecular flexibility index (Phi) is 8.54. The van der Waals surface area contributed by atoms with E-state index in [-0.39, 0.29) is 24.4 Å². The molecule has 156 valence electrons. The predicted octanol–water partition coefficient (Wildman–Crippen LogP) is 5.18. The van der Waals surface area contributed by atoms with Crippen molar-refractivity contribution in [1.29, 1.82) is 0 Å². The van der Waals surface area contributed by atoms with Gasteiger partial charge in [0.15, 0.2) is 0 Å². The van der Waals surface area contributed by atoms with E-state index in [0.717, 1.165) is 5.56 Å². The fourth-order valence-electron chi connectivity index (χ4n) is 2.99. The van der Waals surface area contributed by atoms with Crippen molar-refractivity contribution in [2.45, 2.75) is 59.2 Å². The standard InChI is InChI=1S/C23H28Cl2N2O2/c1-15(2)26-23(29)17(4)27(14-19-20(24)6-5-7-21(19)25)22(28)13-12-18-10-8-16(3)9-11-18/h5-11,15,17H,12-14H2,1-4H3,(H,26,29)/t17-/m1/s1. The predicted molar refractivity (Wildman–Crippen MR) is 119 cm³/mol. The van der Waals surface area contributed by atoms with Crippen molar-refractivity contribution in [3.63, 3.8) is 0 Å². The summed E-state index contributed by atoms with van der Waals surface area (Å²) in [5.41, 5.74) is 2.90. The molecule has 0 bridgehead atoms. The number of rotatable bonds is 8. The van der Waals surface area contributed by atoms with E-state index in [1.807, 2.05) is 45.0 Å². The quantitative estimate of drug-likeness (QED) is 0.622. The minimum absolute atomic E-state index is 0.0154. The van der Waals surface area contributed by atoms with Gasteiger partial charge < -0.3 is 10.2 Å². The van der Waals surface area contributed by atoms with Gasteiger partial charge in [-0.25, -0.2) is 0 Å². The lowest BCUT2D eigenvalue weighted by Crippen LogP contribution is -2.49. The van der Waals surface area contributed by atoms with Crippen LogP contribution in [-0.2, 0) is 22.6 Å². The van der Waals surface area contributed by atoms with Crippen LogP contribution in [0.15, 0.2) is 42.5 Å². The maximum atomic E-state index is 13.1. The maximum Gasteiger partial charge on any atom is 0.242 e. The number of amides is 2. The second-order valence-electron chi connectivity index (χ2n) is 7.55. The summed E-state index contributed by atoms with van der Waals surface area (Å²) < 4.78 is 0. The van der Waals surface area contributed by atoms with Gasteiger partial charge in [0, 0.05) is 34.6 Å². The highest BCUT2D eigenvalue weighted by molar-refractivity contribution is 6.36. The van der Waals surface area contributed by atoms with Crippen molar-refractivity contribution in [3.05, 3.63) is 69.2 Å². The summed E-state index contributed by atoms with van der Waals surface area (Å²) >= 11 is 12.6. The molecule has 2 aromatic carbocycles. The minimum atomic E-state index is -0.643. The Bertz CT molecular complexity index is 830. The van der Waals surface area contributed by atoms with E-state index in [1.54, 1.807) is 30.0 Å². The Balaban J connectivity index is 2.21. The van der Waals surface area contributed by atoms with Crippen LogP contribution in [0.4, 0.5) is 0 Å². The normalized spacial score (nSPS) is 12.0. The Labute approximate surface area is 183 Å². The Morgan fingerprint density at radius 3 is 2.14 bits per heavy atom. The molecule has 0 aromatic heterocycles. The summed E-state index contributed by atoms with van der Waals surface area (Å²) in [6.45, 7) is 7.71. The first-order chi connectivity index (χ1) is 13.7. The SMILES string of the molecule is Cc1ccc(CCC(=O)N(Cc2c(Cl)cccc2Cl)[C@H](C)C(=O)NC(C)C)cc1. The molecule has 2 amide bonds. The van der Waals surface area contributed by atoms with Crippen molar-refractivity contribution in [3.8, 4) is 0 Å². The van der Waals surface area contributed by atoms with Gasteiger partial charge in [-0.3, -0.25) is 9.59 Å². The van der Waals surface area contributed by atoms with E-state index in [2.05, 4.69) is 5.32 Å². The molecule has 0 spiro atoms. The number of benzene rings is 2. The molecule has 0 aliphatic carbocycles. The summed E-state index contributed by atoms with van der Waals surface area (Å²) in [5.74, 6) is -0.320. The van der Waals surface area contributed by atoms with Crippen LogP contribution in [0.2, 0.25) is 10.0 Å². The molecule has 0 fully saturated rings. The average Bonchev–Trinajstić information content (AvgIpc) is 2.66. The lowest BCUT2D eigenvalue weighted by atomic mass is 10.1. The first kappa shape index (κ1) is 23.2. The highest BCUT2D eigenvalue weighted by atomic mass is 35.5. The number of carbonyl (C=O) groups is 2. The highest BCUT2D eigenvalue weighted by Crippen LogP contribution is 2.27. The fourth-order valence-corrected chi connectivity index (χ4v) is 3.51. The van der Waals surface area contributed by atoms with Gasteiger partial charge in [0.1, 0.15) is 6.04 Å². The topological polar surface area (TPSA) is 49.4 Å². The van der Waals surface area contributed by atoms with Crippen LogP contribution in [0.1, 0.15) is 43.9 Å². The van der Waals surface area contributed by atoms with Crippen LogP contribution < -0.4 is 5.32 Å². The van der Waals surface area contributed by atoms with Crippen LogP contribution in [0.25, 0.3) is 0 Å². The van der Waals surface area contributed by atoms with Crippen molar-refractivity contribution in [1.82, 2.24) is 10.2 Å². The molecule has 4 nitrogen and oxygen atoms in total. The summed E-state index contributed by atoms with van der Waals surface area (Å²) in [6, 6.07) is 12.7. The fraction of sp³-hybridized carbons (Fsp3) is 0.391. The smallest absolute Gasteiger partial charge is 0.242 e.